The maximum atomic E-state index is 12.2. The Balaban J connectivity index is 2.39. The van der Waals surface area contributed by atoms with Crippen molar-refractivity contribution in [3.8, 4) is 0 Å². The first-order valence-electron chi connectivity index (χ1n) is 5.48. The zero-order valence-corrected chi connectivity index (χ0v) is 11.9. The largest absolute Gasteiger partial charge is 0.477 e. The first-order valence-corrected chi connectivity index (χ1v) is 7.34. The van der Waals surface area contributed by atoms with Gasteiger partial charge in [0.25, 0.3) is 10.0 Å². The summed E-state index contributed by atoms with van der Waals surface area (Å²) in [7, 11) is -2.43. The Hall–Kier alpha value is -1.99. The minimum atomic E-state index is -3.89. The molecule has 1 aromatic heterocycles. The number of aryl methyl sites for hydroxylation is 1. The number of aromatic nitrogens is 1. The summed E-state index contributed by atoms with van der Waals surface area (Å²) in [5.74, 6) is -1.20. The van der Waals surface area contributed by atoms with Gasteiger partial charge < -0.3 is 9.67 Å². The standard InChI is InChI=1S/C12H11ClN2O4S/c1-15-7-8(6-11(15)12(16)17)20(18,19)14-10-5-3-2-4-9(10)13/h2-7,14H,1H3,(H,16,17). The van der Waals surface area contributed by atoms with Crippen LogP contribution in [0.2, 0.25) is 5.02 Å². The fraction of sp³-hybridized carbons (Fsp3) is 0.0833. The quantitative estimate of drug-likeness (QED) is 0.905. The Kier molecular flexibility index (Phi) is 3.74. The van der Waals surface area contributed by atoms with Gasteiger partial charge >= 0.3 is 5.97 Å². The Morgan fingerprint density at radius 3 is 2.55 bits per heavy atom. The van der Waals surface area contributed by atoms with Crippen LogP contribution in [0.4, 0.5) is 5.69 Å². The number of anilines is 1. The molecular formula is C12H11ClN2O4S. The van der Waals surface area contributed by atoms with E-state index in [0.717, 1.165) is 6.07 Å². The molecule has 0 amide bonds. The molecule has 0 bridgehead atoms. The molecular weight excluding hydrogens is 304 g/mol. The van der Waals surface area contributed by atoms with E-state index in [2.05, 4.69) is 4.72 Å². The first kappa shape index (κ1) is 14.4. The van der Waals surface area contributed by atoms with Gasteiger partial charge in [0.15, 0.2) is 0 Å². The normalized spacial score (nSPS) is 11.3. The molecule has 2 N–H and O–H groups in total. The Morgan fingerprint density at radius 1 is 1.35 bits per heavy atom. The number of carboxylic acid groups (broad SMARTS) is 1. The van der Waals surface area contributed by atoms with Crippen LogP contribution in [0.5, 0.6) is 0 Å². The van der Waals surface area contributed by atoms with Gasteiger partial charge in [-0.25, -0.2) is 13.2 Å². The van der Waals surface area contributed by atoms with Crippen molar-refractivity contribution in [3.63, 3.8) is 0 Å². The SMILES string of the molecule is Cn1cc(S(=O)(=O)Nc2ccccc2Cl)cc1C(=O)O. The average Bonchev–Trinajstić information content (AvgIpc) is 2.75. The smallest absolute Gasteiger partial charge is 0.352 e. The number of carbonyl (C=O) groups is 1. The zero-order chi connectivity index (χ0) is 14.9. The predicted molar refractivity (Wildman–Crippen MR) is 74.6 cm³/mol. The molecule has 0 aliphatic heterocycles. The number of nitrogens with one attached hydrogen (secondary N) is 1. The number of para-hydroxylation sites is 1. The highest BCUT2D eigenvalue weighted by Crippen LogP contribution is 2.24. The lowest BCUT2D eigenvalue weighted by molar-refractivity contribution is 0.0686. The highest BCUT2D eigenvalue weighted by molar-refractivity contribution is 7.92. The average molecular weight is 315 g/mol. The van der Waals surface area contributed by atoms with Crippen LogP contribution < -0.4 is 4.72 Å². The van der Waals surface area contributed by atoms with Gasteiger partial charge in [0.05, 0.1) is 10.7 Å². The van der Waals surface area contributed by atoms with Gasteiger partial charge in [-0.15, -0.1) is 0 Å². The number of hydrogen-bond donors (Lipinski definition) is 2. The second-order valence-electron chi connectivity index (χ2n) is 4.06. The van der Waals surface area contributed by atoms with Crippen LogP contribution >= 0.6 is 11.6 Å². The minimum absolute atomic E-state index is 0.121. The lowest BCUT2D eigenvalue weighted by atomic mass is 10.3. The highest BCUT2D eigenvalue weighted by Gasteiger charge is 2.20. The molecule has 0 fully saturated rings. The summed E-state index contributed by atoms with van der Waals surface area (Å²) >= 11 is 5.88. The Labute approximate surface area is 120 Å². The third-order valence-corrected chi connectivity index (χ3v) is 4.29. The van der Waals surface area contributed by atoms with Crippen molar-refractivity contribution in [1.82, 2.24) is 4.57 Å². The van der Waals surface area contributed by atoms with Crippen LogP contribution in [-0.2, 0) is 17.1 Å². The van der Waals surface area contributed by atoms with E-state index in [9.17, 15) is 13.2 Å². The molecule has 0 radical (unpaired) electrons. The van der Waals surface area contributed by atoms with Gasteiger partial charge in [-0.2, -0.15) is 0 Å². The van der Waals surface area contributed by atoms with Crippen molar-refractivity contribution in [2.24, 2.45) is 7.05 Å². The van der Waals surface area contributed by atoms with E-state index in [0.29, 0.717) is 0 Å². The summed E-state index contributed by atoms with van der Waals surface area (Å²) in [4.78, 5) is 10.8. The van der Waals surface area contributed by atoms with Gasteiger partial charge in [0.1, 0.15) is 10.6 Å². The zero-order valence-electron chi connectivity index (χ0n) is 10.4. The van der Waals surface area contributed by atoms with E-state index in [4.69, 9.17) is 16.7 Å². The van der Waals surface area contributed by atoms with E-state index in [-0.39, 0.29) is 21.3 Å². The lowest BCUT2D eigenvalue weighted by Crippen LogP contribution is -2.12. The molecule has 0 saturated heterocycles. The van der Waals surface area contributed by atoms with Crippen molar-refractivity contribution < 1.29 is 18.3 Å². The van der Waals surface area contributed by atoms with Crippen LogP contribution in [0.3, 0.4) is 0 Å². The summed E-state index contributed by atoms with van der Waals surface area (Å²) in [5.41, 5.74) is 0.111. The monoisotopic (exact) mass is 314 g/mol. The van der Waals surface area contributed by atoms with Crippen molar-refractivity contribution in [2.45, 2.75) is 4.90 Å². The number of carboxylic acids is 1. The van der Waals surface area contributed by atoms with Crippen molar-refractivity contribution in [2.75, 3.05) is 4.72 Å². The fourth-order valence-electron chi connectivity index (χ4n) is 1.64. The Morgan fingerprint density at radius 2 is 2.00 bits per heavy atom. The molecule has 2 rings (SSSR count). The second-order valence-corrected chi connectivity index (χ2v) is 6.15. The van der Waals surface area contributed by atoms with Crippen molar-refractivity contribution >= 4 is 33.3 Å². The number of sulfonamides is 1. The summed E-state index contributed by atoms with van der Waals surface area (Å²) < 4.78 is 27.9. The molecule has 1 aromatic carbocycles. The summed E-state index contributed by atoms with van der Waals surface area (Å²) in [5, 5.41) is 9.18. The first-order chi connectivity index (χ1) is 9.31. The maximum absolute atomic E-state index is 12.2. The molecule has 0 aliphatic rings. The molecule has 0 unspecified atom stereocenters. The third-order valence-electron chi connectivity index (χ3n) is 2.63. The summed E-state index contributed by atoms with van der Waals surface area (Å²) in [6, 6.07) is 7.46. The topological polar surface area (TPSA) is 88.4 Å². The Bertz CT molecular complexity index is 768. The van der Waals surface area contributed by atoms with Gasteiger partial charge in [-0.1, -0.05) is 23.7 Å². The fourth-order valence-corrected chi connectivity index (χ4v) is 3.03. The number of nitrogens with zero attached hydrogens (tertiary/aromatic N) is 1. The molecule has 0 aliphatic carbocycles. The van der Waals surface area contributed by atoms with Crippen LogP contribution in [0.25, 0.3) is 0 Å². The number of halogens is 1. The van der Waals surface area contributed by atoms with Crippen LogP contribution in [0, 0.1) is 0 Å². The molecule has 0 saturated carbocycles. The van der Waals surface area contributed by atoms with Gasteiger partial charge in [-0.3, -0.25) is 4.72 Å². The molecule has 2 aromatic rings. The highest BCUT2D eigenvalue weighted by atomic mass is 35.5. The van der Waals surface area contributed by atoms with Gasteiger partial charge in [0.2, 0.25) is 0 Å². The van der Waals surface area contributed by atoms with Crippen LogP contribution in [-0.4, -0.2) is 24.1 Å². The van der Waals surface area contributed by atoms with E-state index in [1.165, 1.54) is 23.9 Å². The van der Waals surface area contributed by atoms with Gasteiger partial charge in [-0.05, 0) is 18.2 Å². The number of rotatable bonds is 4. The number of hydrogen-bond acceptors (Lipinski definition) is 3. The minimum Gasteiger partial charge on any atom is -0.477 e. The molecule has 0 spiro atoms. The van der Waals surface area contributed by atoms with Gasteiger partial charge in [0, 0.05) is 13.2 Å². The van der Waals surface area contributed by atoms with E-state index in [1.807, 2.05) is 0 Å². The number of aromatic carboxylic acids is 1. The summed E-state index contributed by atoms with van der Waals surface area (Å²) in [6.45, 7) is 0. The van der Waals surface area contributed by atoms with Crippen molar-refractivity contribution in [1.29, 1.82) is 0 Å². The third kappa shape index (κ3) is 2.78. The van der Waals surface area contributed by atoms with E-state index < -0.39 is 16.0 Å². The molecule has 8 heteroatoms. The number of benzene rings is 1. The predicted octanol–water partition coefficient (Wildman–Crippen LogP) is 2.18. The summed E-state index contributed by atoms with van der Waals surface area (Å²) in [6.07, 6.45) is 1.22. The van der Waals surface area contributed by atoms with Crippen LogP contribution in [0.1, 0.15) is 10.5 Å². The molecule has 6 nitrogen and oxygen atoms in total. The molecule has 0 atom stereocenters. The molecule has 20 heavy (non-hydrogen) atoms. The van der Waals surface area contributed by atoms with E-state index >= 15 is 0 Å². The lowest BCUT2D eigenvalue weighted by Gasteiger charge is -2.07. The van der Waals surface area contributed by atoms with Crippen molar-refractivity contribution in [3.05, 3.63) is 47.2 Å². The van der Waals surface area contributed by atoms with Crippen LogP contribution in [0.15, 0.2) is 41.4 Å². The maximum Gasteiger partial charge on any atom is 0.352 e. The molecule has 1 heterocycles. The molecule has 106 valence electrons. The second kappa shape index (κ2) is 5.18. The van der Waals surface area contributed by atoms with E-state index in [1.54, 1.807) is 18.2 Å².